The molecule has 1 unspecified atom stereocenters. The number of carbonyl (C=O) groups is 1. The highest BCUT2D eigenvalue weighted by Crippen LogP contribution is 2.27. The Morgan fingerprint density at radius 3 is 2.44 bits per heavy atom. The number of carbonyl (C=O) groups excluding carboxylic acids is 1. The highest BCUT2D eigenvalue weighted by molar-refractivity contribution is 7.17. The number of hydrazone groups is 1. The smallest absolute Gasteiger partial charge is 0.266 e. The van der Waals surface area contributed by atoms with Gasteiger partial charge in [-0.1, -0.05) is 67.6 Å². The van der Waals surface area contributed by atoms with E-state index in [-0.39, 0.29) is 11.8 Å². The molecule has 0 aliphatic heterocycles. The van der Waals surface area contributed by atoms with Crippen molar-refractivity contribution in [3.63, 3.8) is 0 Å². The van der Waals surface area contributed by atoms with Crippen molar-refractivity contribution in [2.24, 2.45) is 5.10 Å². The Hall–Kier alpha value is -2.79. The van der Waals surface area contributed by atoms with Gasteiger partial charge < -0.3 is 0 Å². The van der Waals surface area contributed by atoms with Crippen LogP contribution in [0.4, 0.5) is 0 Å². The first kappa shape index (κ1) is 17.0. The molecule has 0 saturated carbocycles. The normalized spacial score (nSPS) is 12.2. The minimum Gasteiger partial charge on any atom is -0.266 e. The summed E-state index contributed by atoms with van der Waals surface area (Å²) in [6.07, 6.45) is 1.74. The number of benzene rings is 2. The summed E-state index contributed by atoms with van der Waals surface area (Å²) in [5.41, 5.74) is 5.49. The van der Waals surface area contributed by atoms with Crippen LogP contribution in [0.2, 0.25) is 0 Å². The van der Waals surface area contributed by atoms with Crippen molar-refractivity contribution < 1.29 is 4.79 Å². The predicted molar refractivity (Wildman–Crippen MR) is 103 cm³/mol. The van der Waals surface area contributed by atoms with Gasteiger partial charge in [-0.25, -0.2) is 10.4 Å². The van der Waals surface area contributed by atoms with E-state index in [0.29, 0.717) is 10.6 Å². The standard InChI is InChI=1S/C20H19N3OS/c1-14(16-9-5-3-6-10-16)13-21-23-19(24)18-15(2)22-20(25-18)17-11-7-4-8-12-17/h3-14H,1-2H3,(H,23,24)/b21-13+. The van der Waals surface area contributed by atoms with Crippen molar-refractivity contribution in [1.82, 2.24) is 10.4 Å². The molecule has 0 saturated heterocycles. The van der Waals surface area contributed by atoms with Crippen LogP contribution in [0.3, 0.4) is 0 Å². The molecule has 25 heavy (non-hydrogen) atoms. The second-order valence-electron chi connectivity index (χ2n) is 5.72. The summed E-state index contributed by atoms with van der Waals surface area (Å²) in [5, 5.41) is 4.94. The Balaban J connectivity index is 1.68. The van der Waals surface area contributed by atoms with Gasteiger partial charge >= 0.3 is 0 Å². The maximum Gasteiger partial charge on any atom is 0.283 e. The van der Waals surface area contributed by atoms with Crippen molar-refractivity contribution in [2.75, 3.05) is 0 Å². The highest BCUT2D eigenvalue weighted by Gasteiger charge is 2.15. The minimum absolute atomic E-state index is 0.129. The maximum atomic E-state index is 12.4. The Morgan fingerprint density at radius 2 is 1.76 bits per heavy atom. The Labute approximate surface area is 151 Å². The fourth-order valence-electron chi connectivity index (χ4n) is 2.41. The molecular formula is C20H19N3OS. The lowest BCUT2D eigenvalue weighted by molar-refractivity contribution is 0.0958. The van der Waals surface area contributed by atoms with E-state index < -0.39 is 0 Å². The van der Waals surface area contributed by atoms with Crippen molar-refractivity contribution >= 4 is 23.5 Å². The number of amides is 1. The molecule has 0 radical (unpaired) electrons. The zero-order chi connectivity index (χ0) is 17.6. The topological polar surface area (TPSA) is 54.4 Å². The summed E-state index contributed by atoms with van der Waals surface area (Å²) >= 11 is 1.38. The van der Waals surface area contributed by atoms with E-state index >= 15 is 0 Å². The lowest BCUT2D eigenvalue weighted by Gasteiger charge is -2.05. The third kappa shape index (κ3) is 4.19. The summed E-state index contributed by atoms with van der Waals surface area (Å²) in [5.74, 6) is -0.0994. The highest BCUT2D eigenvalue weighted by atomic mass is 32.1. The van der Waals surface area contributed by atoms with Crippen LogP contribution in [0.25, 0.3) is 10.6 Å². The molecule has 1 amide bonds. The second kappa shape index (κ2) is 7.85. The zero-order valence-corrected chi connectivity index (χ0v) is 15.0. The zero-order valence-electron chi connectivity index (χ0n) is 14.1. The van der Waals surface area contributed by atoms with Gasteiger partial charge in [0.25, 0.3) is 5.91 Å². The summed E-state index contributed by atoms with van der Waals surface area (Å²) < 4.78 is 0. The van der Waals surface area contributed by atoms with Crippen molar-refractivity contribution in [3.05, 3.63) is 76.8 Å². The number of hydrogen-bond donors (Lipinski definition) is 1. The quantitative estimate of drug-likeness (QED) is 0.539. The first-order valence-electron chi connectivity index (χ1n) is 8.06. The van der Waals surface area contributed by atoms with Crippen molar-refractivity contribution in [1.29, 1.82) is 0 Å². The van der Waals surface area contributed by atoms with Gasteiger partial charge in [0.2, 0.25) is 0 Å². The molecule has 2 aromatic carbocycles. The monoisotopic (exact) mass is 349 g/mol. The SMILES string of the molecule is Cc1nc(-c2ccccc2)sc1C(=O)N/N=C/C(C)c1ccccc1. The third-order valence-corrected chi connectivity index (χ3v) is 5.02. The Morgan fingerprint density at radius 1 is 1.12 bits per heavy atom. The average Bonchev–Trinajstić information content (AvgIpc) is 3.05. The van der Waals surface area contributed by atoms with Crippen LogP contribution in [0, 0.1) is 6.92 Å². The average molecular weight is 349 g/mol. The van der Waals surface area contributed by atoms with Gasteiger partial charge in [-0.2, -0.15) is 5.10 Å². The number of nitrogens with one attached hydrogen (secondary N) is 1. The number of thiazole rings is 1. The Kier molecular flexibility index (Phi) is 5.36. The number of rotatable bonds is 5. The van der Waals surface area contributed by atoms with E-state index in [4.69, 9.17) is 0 Å². The molecule has 1 atom stereocenters. The molecule has 1 aromatic heterocycles. The molecule has 3 aromatic rings. The second-order valence-corrected chi connectivity index (χ2v) is 6.72. The lowest BCUT2D eigenvalue weighted by Crippen LogP contribution is -2.17. The molecule has 0 aliphatic carbocycles. The predicted octanol–water partition coefficient (Wildman–Crippen LogP) is 4.64. The van der Waals surface area contributed by atoms with E-state index in [1.165, 1.54) is 11.3 Å². The van der Waals surface area contributed by atoms with E-state index in [1.807, 2.05) is 74.5 Å². The van der Waals surface area contributed by atoms with Crippen molar-refractivity contribution in [3.8, 4) is 10.6 Å². The van der Waals surface area contributed by atoms with Gasteiger partial charge in [0.15, 0.2) is 0 Å². The van der Waals surface area contributed by atoms with Crippen LogP contribution in [0.1, 0.15) is 33.8 Å². The molecule has 1 heterocycles. The van der Waals surface area contributed by atoms with E-state index in [1.54, 1.807) is 6.21 Å². The molecular weight excluding hydrogens is 330 g/mol. The molecule has 4 nitrogen and oxygen atoms in total. The summed E-state index contributed by atoms with van der Waals surface area (Å²) in [6, 6.07) is 19.9. The van der Waals surface area contributed by atoms with E-state index in [0.717, 1.165) is 16.1 Å². The molecule has 126 valence electrons. The van der Waals surface area contributed by atoms with Crippen LogP contribution in [-0.2, 0) is 0 Å². The van der Waals surface area contributed by atoms with Crippen LogP contribution >= 0.6 is 11.3 Å². The van der Waals surface area contributed by atoms with Crippen molar-refractivity contribution in [2.45, 2.75) is 19.8 Å². The van der Waals surface area contributed by atoms with Gasteiger partial charge in [-0.05, 0) is 12.5 Å². The molecule has 1 N–H and O–H groups in total. The molecule has 0 aliphatic rings. The van der Waals surface area contributed by atoms with Crippen LogP contribution in [0.5, 0.6) is 0 Å². The van der Waals surface area contributed by atoms with E-state index in [2.05, 4.69) is 15.5 Å². The molecule has 0 fully saturated rings. The molecule has 5 heteroatoms. The van der Waals surface area contributed by atoms with Crippen LogP contribution < -0.4 is 5.43 Å². The lowest BCUT2D eigenvalue weighted by atomic mass is 10.0. The molecule has 0 bridgehead atoms. The van der Waals surface area contributed by atoms with E-state index in [9.17, 15) is 4.79 Å². The third-order valence-electron chi connectivity index (χ3n) is 3.81. The number of aromatic nitrogens is 1. The van der Waals surface area contributed by atoms with Gasteiger partial charge in [0.05, 0.1) is 5.69 Å². The maximum absolute atomic E-state index is 12.4. The summed E-state index contributed by atoms with van der Waals surface area (Å²) in [7, 11) is 0. The Bertz CT molecular complexity index is 872. The fourth-order valence-corrected chi connectivity index (χ4v) is 3.37. The van der Waals surface area contributed by atoms with Gasteiger partial charge in [0, 0.05) is 17.7 Å². The van der Waals surface area contributed by atoms with Gasteiger partial charge in [0.1, 0.15) is 9.88 Å². The minimum atomic E-state index is -0.228. The molecule has 0 spiro atoms. The fraction of sp³-hybridized carbons (Fsp3) is 0.150. The van der Waals surface area contributed by atoms with Crippen LogP contribution in [0.15, 0.2) is 65.8 Å². The number of hydrogen-bond acceptors (Lipinski definition) is 4. The van der Waals surface area contributed by atoms with Crippen LogP contribution in [-0.4, -0.2) is 17.1 Å². The first-order chi connectivity index (χ1) is 12.1. The number of aryl methyl sites for hydroxylation is 1. The largest absolute Gasteiger partial charge is 0.283 e. The van der Waals surface area contributed by atoms with Gasteiger partial charge in [-0.3, -0.25) is 4.79 Å². The van der Waals surface area contributed by atoms with Gasteiger partial charge in [-0.15, -0.1) is 11.3 Å². The summed E-state index contributed by atoms with van der Waals surface area (Å²) in [4.78, 5) is 17.5. The number of nitrogens with zero attached hydrogens (tertiary/aromatic N) is 2. The summed E-state index contributed by atoms with van der Waals surface area (Å²) in [6.45, 7) is 3.88. The first-order valence-corrected chi connectivity index (χ1v) is 8.88. The molecule has 3 rings (SSSR count).